The van der Waals surface area contributed by atoms with Crippen LogP contribution in [0.25, 0.3) is 0 Å². The van der Waals surface area contributed by atoms with Crippen molar-refractivity contribution in [1.82, 2.24) is 20.4 Å². The fourth-order valence-corrected chi connectivity index (χ4v) is 5.12. The highest BCUT2D eigenvalue weighted by Gasteiger charge is 2.31. The van der Waals surface area contributed by atoms with Crippen LogP contribution in [0.5, 0.6) is 0 Å². The summed E-state index contributed by atoms with van der Waals surface area (Å²) in [7, 11) is 4.09. The summed E-state index contributed by atoms with van der Waals surface area (Å²) in [5.74, 6) is 1.45. The first-order chi connectivity index (χ1) is 14.5. The minimum absolute atomic E-state index is 0. The highest BCUT2D eigenvalue weighted by Crippen LogP contribution is 2.35. The number of halogens is 2. The van der Waals surface area contributed by atoms with Crippen molar-refractivity contribution in [1.29, 1.82) is 0 Å². The monoisotopic (exact) mass is 559 g/mol. The molecule has 1 aromatic rings. The summed E-state index contributed by atoms with van der Waals surface area (Å²) in [5.41, 5.74) is 2.55. The first kappa shape index (κ1) is 26.4. The van der Waals surface area contributed by atoms with E-state index in [9.17, 15) is 0 Å². The Balaban J connectivity index is 0.00000341. The molecule has 2 aliphatic rings. The zero-order valence-corrected chi connectivity index (χ0v) is 22.3. The van der Waals surface area contributed by atoms with E-state index < -0.39 is 0 Å². The molecule has 0 saturated carbocycles. The number of aliphatic imine (C=N–C) groups is 1. The minimum atomic E-state index is 0. The average molecular weight is 560 g/mol. The third-order valence-corrected chi connectivity index (χ3v) is 6.61. The fraction of sp³-hybridized carbons (Fsp3) is 0.625. The van der Waals surface area contributed by atoms with Crippen LogP contribution >= 0.6 is 35.6 Å². The molecule has 0 bridgehead atoms. The van der Waals surface area contributed by atoms with Crippen LogP contribution in [0.4, 0.5) is 0 Å². The lowest BCUT2D eigenvalue weighted by molar-refractivity contribution is 0.122. The summed E-state index contributed by atoms with van der Waals surface area (Å²) in [6.07, 6.45) is 4.73. The Morgan fingerprint density at radius 1 is 1.23 bits per heavy atom. The van der Waals surface area contributed by atoms with E-state index in [0.29, 0.717) is 18.0 Å². The lowest BCUT2D eigenvalue weighted by atomic mass is 9.85. The van der Waals surface area contributed by atoms with Gasteiger partial charge in [-0.15, -0.1) is 24.0 Å². The molecular weight excluding hydrogens is 521 g/mol. The number of nitrogens with one attached hydrogen (secondary N) is 2. The quantitative estimate of drug-likeness (QED) is 0.232. The Hall–Kier alpha value is -0.830. The van der Waals surface area contributed by atoms with Gasteiger partial charge in [0, 0.05) is 50.3 Å². The molecule has 2 unspecified atom stereocenters. The molecule has 7 heteroatoms. The molecular formula is C24H39ClIN5. The molecule has 0 aliphatic carbocycles. The third kappa shape index (κ3) is 7.91. The Morgan fingerprint density at radius 2 is 1.97 bits per heavy atom. The highest BCUT2D eigenvalue weighted by atomic mass is 127. The SMILES string of the molecule is C=C(C)CN1CCC(NC(=NC)NCC2CCCN(C)C2c2cccc(Cl)c2)CC1.I. The maximum Gasteiger partial charge on any atom is 0.191 e. The third-order valence-electron chi connectivity index (χ3n) is 6.37. The van der Waals surface area contributed by atoms with Crippen molar-refractivity contribution >= 4 is 41.5 Å². The summed E-state index contributed by atoms with van der Waals surface area (Å²) in [4.78, 5) is 9.45. The van der Waals surface area contributed by atoms with Gasteiger partial charge in [0.15, 0.2) is 5.96 Å². The van der Waals surface area contributed by atoms with Crippen LogP contribution in [0.1, 0.15) is 44.2 Å². The molecule has 5 nitrogen and oxygen atoms in total. The number of guanidine groups is 1. The van der Waals surface area contributed by atoms with Crippen LogP contribution in [0.15, 0.2) is 41.4 Å². The number of benzene rings is 1. The molecule has 31 heavy (non-hydrogen) atoms. The molecule has 1 aromatic carbocycles. The summed E-state index contributed by atoms with van der Waals surface area (Å²) in [6, 6.07) is 9.20. The largest absolute Gasteiger partial charge is 0.356 e. The van der Waals surface area contributed by atoms with Crippen molar-refractivity contribution in [2.75, 3.05) is 46.8 Å². The van der Waals surface area contributed by atoms with E-state index in [0.717, 1.165) is 56.5 Å². The number of rotatable bonds is 6. The van der Waals surface area contributed by atoms with Crippen LogP contribution < -0.4 is 10.6 Å². The van der Waals surface area contributed by atoms with Gasteiger partial charge in [0.05, 0.1) is 0 Å². The second-order valence-electron chi connectivity index (χ2n) is 8.99. The van der Waals surface area contributed by atoms with Crippen LogP contribution in [0.2, 0.25) is 5.02 Å². The van der Waals surface area contributed by atoms with E-state index >= 15 is 0 Å². The van der Waals surface area contributed by atoms with Gasteiger partial charge in [-0.2, -0.15) is 0 Å². The Morgan fingerprint density at radius 3 is 2.61 bits per heavy atom. The smallest absolute Gasteiger partial charge is 0.191 e. The molecule has 0 spiro atoms. The summed E-state index contributed by atoms with van der Waals surface area (Å²) in [5, 5.41) is 8.08. The predicted molar refractivity (Wildman–Crippen MR) is 144 cm³/mol. The fourth-order valence-electron chi connectivity index (χ4n) is 4.92. The molecule has 2 fully saturated rings. The summed E-state index contributed by atoms with van der Waals surface area (Å²) in [6.45, 7) is 11.4. The first-order valence-corrected chi connectivity index (χ1v) is 11.6. The standard InChI is InChI=1S/C24H38ClN5.HI/c1-18(2)17-30-13-10-22(11-14-30)28-24(26-3)27-16-20-8-6-12-29(4)23(20)19-7-5-9-21(25)15-19;/h5,7,9,15,20,22-23H,1,6,8,10-14,16-17H2,2-4H3,(H2,26,27,28);1H. The zero-order chi connectivity index (χ0) is 21.5. The molecule has 0 aromatic heterocycles. The molecule has 174 valence electrons. The van der Waals surface area contributed by atoms with Gasteiger partial charge < -0.3 is 10.6 Å². The predicted octanol–water partition coefficient (Wildman–Crippen LogP) is 4.55. The number of piperidine rings is 2. The van der Waals surface area contributed by atoms with E-state index in [1.165, 1.54) is 24.0 Å². The lowest BCUT2D eigenvalue weighted by Gasteiger charge is -2.40. The van der Waals surface area contributed by atoms with E-state index in [2.05, 4.69) is 64.2 Å². The molecule has 2 aliphatic heterocycles. The number of likely N-dealkylation sites (tertiary alicyclic amines) is 2. The normalized spacial score (nSPS) is 23.8. The Bertz CT molecular complexity index is 732. The number of nitrogens with zero attached hydrogens (tertiary/aromatic N) is 3. The summed E-state index contributed by atoms with van der Waals surface area (Å²) < 4.78 is 0. The summed E-state index contributed by atoms with van der Waals surface area (Å²) >= 11 is 6.28. The highest BCUT2D eigenvalue weighted by molar-refractivity contribution is 14.0. The van der Waals surface area contributed by atoms with Crippen LogP contribution in [-0.2, 0) is 0 Å². The Kier molecular flexibility index (Phi) is 11.1. The van der Waals surface area contributed by atoms with Crippen molar-refractivity contribution in [2.24, 2.45) is 10.9 Å². The minimum Gasteiger partial charge on any atom is -0.356 e. The van der Waals surface area contributed by atoms with Crippen molar-refractivity contribution in [3.05, 3.63) is 47.0 Å². The molecule has 2 N–H and O–H groups in total. The van der Waals surface area contributed by atoms with Crippen molar-refractivity contribution in [3.8, 4) is 0 Å². The zero-order valence-electron chi connectivity index (χ0n) is 19.2. The van der Waals surface area contributed by atoms with Gasteiger partial charge in [0.2, 0.25) is 0 Å². The number of hydrogen-bond donors (Lipinski definition) is 2. The molecule has 2 atom stereocenters. The van der Waals surface area contributed by atoms with Gasteiger partial charge in [-0.3, -0.25) is 14.8 Å². The van der Waals surface area contributed by atoms with Crippen molar-refractivity contribution in [3.63, 3.8) is 0 Å². The lowest BCUT2D eigenvalue weighted by Crippen LogP contribution is -2.50. The maximum atomic E-state index is 6.28. The van der Waals surface area contributed by atoms with E-state index in [1.807, 2.05) is 13.1 Å². The van der Waals surface area contributed by atoms with Gasteiger partial charge in [-0.1, -0.05) is 35.9 Å². The second kappa shape index (κ2) is 13.0. The molecule has 0 radical (unpaired) electrons. The topological polar surface area (TPSA) is 42.9 Å². The maximum absolute atomic E-state index is 6.28. The van der Waals surface area contributed by atoms with Gasteiger partial charge in [0.1, 0.15) is 0 Å². The molecule has 2 heterocycles. The van der Waals surface area contributed by atoms with Crippen molar-refractivity contribution in [2.45, 2.75) is 44.7 Å². The van der Waals surface area contributed by atoms with E-state index in [1.54, 1.807) is 0 Å². The van der Waals surface area contributed by atoms with Crippen molar-refractivity contribution < 1.29 is 0 Å². The number of hydrogen-bond acceptors (Lipinski definition) is 3. The van der Waals surface area contributed by atoms with Gasteiger partial charge in [0.25, 0.3) is 0 Å². The van der Waals surface area contributed by atoms with Crippen LogP contribution in [0.3, 0.4) is 0 Å². The average Bonchev–Trinajstić information content (AvgIpc) is 2.72. The van der Waals surface area contributed by atoms with E-state index in [4.69, 9.17) is 11.6 Å². The van der Waals surface area contributed by atoms with Gasteiger partial charge >= 0.3 is 0 Å². The van der Waals surface area contributed by atoms with Crippen LogP contribution in [-0.4, -0.2) is 68.6 Å². The van der Waals surface area contributed by atoms with E-state index in [-0.39, 0.29) is 24.0 Å². The molecule has 2 saturated heterocycles. The Labute approximate surface area is 210 Å². The van der Waals surface area contributed by atoms with Gasteiger partial charge in [-0.25, -0.2) is 0 Å². The van der Waals surface area contributed by atoms with Crippen LogP contribution in [0, 0.1) is 5.92 Å². The molecule has 0 amide bonds. The molecule has 3 rings (SSSR count). The first-order valence-electron chi connectivity index (χ1n) is 11.3. The van der Waals surface area contributed by atoms with Gasteiger partial charge in [-0.05, 0) is 69.8 Å². The second-order valence-corrected chi connectivity index (χ2v) is 9.42.